The second kappa shape index (κ2) is 5.83. The van der Waals surface area contributed by atoms with Crippen LogP contribution in [0.1, 0.15) is 22.8 Å². The van der Waals surface area contributed by atoms with Crippen molar-refractivity contribution >= 4 is 22.4 Å². The molecule has 19 heavy (non-hydrogen) atoms. The molecule has 7 heteroatoms. The van der Waals surface area contributed by atoms with Gasteiger partial charge in [-0.15, -0.1) is 11.3 Å². The summed E-state index contributed by atoms with van der Waals surface area (Å²) in [5.74, 6) is 0.948. The minimum atomic E-state index is -0.0934. The van der Waals surface area contributed by atoms with Crippen LogP contribution < -0.4 is 10.1 Å². The first-order valence-electron chi connectivity index (χ1n) is 5.82. The molecule has 0 radical (unpaired) electrons. The van der Waals surface area contributed by atoms with Crippen LogP contribution in [-0.4, -0.2) is 23.2 Å². The van der Waals surface area contributed by atoms with Crippen LogP contribution in [0.4, 0.5) is 5.13 Å². The lowest BCUT2D eigenvalue weighted by molar-refractivity contribution is -0.116. The SMILES string of the molecule is COc1cc(CCC(=O)Nc2nc(C)c(C)s2)on1. The standard InChI is InChI=1S/C12H15N3O3S/c1-7-8(2)19-12(13-7)14-10(16)5-4-9-6-11(17-3)15-18-9/h6H,4-5H2,1-3H3,(H,13,14,16). The second-order valence-corrected chi connectivity index (χ2v) is 5.25. The quantitative estimate of drug-likeness (QED) is 0.910. The van der Waals surface area contributed by atoms with Crippen LogP contribution in [0.25, 0.3) is 0 Å². The summed E-state index contributed by atoms with van der Waals surface area (Å²) in [6.07, 6.45) is 0.793. The number of nitrogens with one attached hydrogen (secondary N) is 1. The number of hydrogen-bond donors (Lipinski definition) is 1. The fourth-order valence-electron chi connectivity index (χ4n) is 1.45. The smallest absolute Gasteiger partial charge is 0.254 e. The van der Waals surface area contributed by atoms with E-state index >= 15 is 0 Å². The molecule has 0 atom stereocenters. The molecule has 0 bridgehead atoms. The summed E-state index contributed by atoms with van der Waals surface area (Å²) in [6.45, 7) is 3.89. The van der Waals surface area contributed by atoms with Crippen molar-refractivity contribution in [3.05, 3.63) is 22.4 Å². The van der Waals surface area contributed by atoms with Gasteiger partial charge in [0.1, 0.15) is 5.76 Å². The molecule has 2 aromatic rings. The normalized spacial score (nSPS) is 10.5. The Hall–Kier alpha value is -1.89. The largest absolute Gasteiger partial charge is 0.479 e. The monoisotopic (exact) mass is 281 g/mol. The summed E-state index contributed by atoms with van der Waals surface area (Å²) in [5.41, 5.74) is 0.945. The number of hydrogen-bond acceptors (Lipinski definition) is 6. The average Bonchev–Trinajstić information content (AvgIpc) is 2.94. The van der Waals surface area contributed by atoms with Crippen molar-refractivity contribution in [1.29, 1.82) is 0 Å². The van der Waals surface area contributed by atoms with Crippen LogP contribution in [0.2, 0.25) is 0 Å². The van der Waals surface area contributed by atoms with Gasteiger partial charge in [-0.3, -0.25) is 4.79 Å². The highest BCUT2D eigenvalue weighted by Gasteiger charge is 2.10. The molecule has 0 aliphatic rings. The maximum absolute atomic E-state index is 11.7. The third-order valence-electron chi connectivity index (χ3n) is 2.62. The third-order valence-corrected chi connectivity index (χ3v) is 3.61. The molecule has 0 aromatic carbocycles. The molecule has 1 N–H and O–H groups in total. The van der Waals surface area contributed by atoms with E-state index in [1.54, 1.807) is 6.07 Å². The molecular formula is C12H15N3O3S. The summed E-state index contributed by atoms with van der Waals surface area (Å²) >= 11 is 1.47. The van der Waals surface area contributed by atoms with Gasteiger partial charge in [0.2, 0.25) is 5.91 Å². The molecule has 0 aliphatic carbocycles. The molecule has 2 heterocycles. The number of nitrogens with zero attached hydrogens (tertiary/aromatic N) is 2. The van der Waals surface area contributed by atoms with E-state index in [2.05, 4.69) is 15.5 Å². The van der Waals surface area contributed by atoms with E-state index in [0.717, 1.165) is 10.6 Å². The van der Waals surface area contributed by atoms with Crippen LogP contribution in [-0.2, 0) is 11.2 Å². The molecular weight excluding hydrogens is 266 g/mol. The maximum Gasteiger partial charge on any atom is 0.254 e. The zero-order valence-corrected chi connectivity index (χ0v) is 11.8. The summed E-state index contributed by atoms with van der Waals surface area (Å²) in [6, 6.07) is 1.67. The Labute approximate surface area is 114 Å². The van der Waals surface area contributed by atoms with Gasteiger partial charge in [0, 0.05) is 23.8 Å². The van der Waals surface area contributed by atoms with E-state index in [4.69, 9.17) is 9.26 Å². The molecule has 0 aliphatic heterocycles. The highest BCUT2D eigenvalue weighted by atomic mass is 32.1. The predicted octanol–water partition coefficient (Wildman–Crippen LogP) is 2.33. The highest BCUT2D eigenvalue weighted by Crippen LogP contribution is 2.21. The Bertz CT molecular complexity index is 557. The first-order chi connectivity index (χ1) is 9.08. The molecule has 0 fully saturated rings. The fourth-order valence-corrected chi connectivity index (χ4v) is 2.28. The van der Waals surface area contributed by atoms with Gasteiger partial charge in [-0.1, -0.05) is 0 Å². The number of amides is 1. The minimum Gasteiger partial charge on any atom is -0.479 e. The van der Waals surface area contributed by atoms with Gasteiger partial charge in [-0.25, -0.2) is 4.98 Å². The van der Waals surface area contributed by atoms with Gasteiger partial charge in [0.15, 0.2) is 5.13 Å². The topological polar surface area (TPSA) is 77.2 Å². The zero-order valence-electron chi connectivity index (χ0n) is 11.0. The van der Waals surface area contributed by atoms with Crippen molar-refractivity contribution < 1.29 is 14.1 Å². The Morgan fingerprint density at radius 1 is 1.53 bits per heavy atom. The van der Waals surface area contributed by atoms with Crippen LogP contribution in [0.3, 0.4) is 0 Å². The number of thiazole rings is 1. The number of methoxy groups -OCH3 is 1. The van der Waals surface area contributed by atoms with Gasteiger partial charge < -0.3 is 14.6 Å². The minimum absolute atomic E-state index is 0.0934. The lowest BCUT2D eigenvalue weighted by atomic mass is 10.2. The molecule has 0 spiro atoms. The molecule has 0 saturated carbocycles. The Morgan fingerprint density at radius 3 is 2.89 bits per heavy atom. The lowest BCUT2D eigenvalue weighted by Gasteiger charge is -1.99. The van der Waals surface area contributed by atoms with Gasteiger partial charge in [-0.05, 0) is 19.0 Å². The van der Waals surface area contributed by atoms with Crippen molar-refractivity contribution in [2.45, 2.75) is 26.7 Å². The van der Waals surface area contributed by atoms with Crippen molar-refractivity contribution in [2.75, 3.05) is 12.4 Å². The van der Waals surface area contributed by atoms with Crippen LogP contribution in [0.15, 0.2) is 10.6 Å². The van der Waals surface area contributed by atoms with Crippen molar-refractivity contribution in [1.82, 2.24) is 10.1 Å². The number of carbonyl (C=O) groups excluding carboxylic acids is 1. The van der Waals surface area contributed by atoms with E-state index < -0.39 is 0 Å². The molecule has 102 valence electrons. The summed E-state index contributed by atoms with van der Waals surface area (Å²) in [4.78, 5) is 17.1. The predicted molar refractivity (Wildman–Crippen MR) is 71.6 cm³/mol. The van der Waals surface area contributed by atoms with Crippen molar-refractivity contribution in [3.63, 3.8) is 0 Å². The van der Waals surface area contributed by atoms with Gasteiger partial charge in [0.25, 0.3) is 5.88 Å². The summed E-state index contributed by atoms with van der Waals surface area (Å²) in [5, 5.41) is 7.08. The number of ether oxygens (including phenoxy) is 1. The Morgan fingerprint density at radius 2 is 2.32 bits per heavy atom. The molecule has 2 aromatic heterocycles. The van der Waals surface area contributed by atoms with Crippen molar-refractivity contribution in [3.8, 4) is 5.88 Å². The van der Waals surface area contributed by atoms with E-state index in [0.29, 0.717) is 29.6 Å². The summed E-state index contributed by atoms with van der Waals surface area (Å²) in [7, 11) is 1.52. The van der Waals surface area contributed by atoms with E-state index in [1.165, 1.54) is 18.4 Å². The Kier molecular flexibility index (Phi) is 4.16. The van der Waals surface area contributed by atoms with Crippen LogP contribution in [0.5, 0.6) is 5.88 Å². The zero-order chi connectivity index (χ0) is 13.8. The number of carbonyl (C=O) groups is 1. The van der Waals surface area contributed by atoms with Gasteiger partial charge in [0.05, 0.1) is 12.8 Å². The third kappa shape index (κ3) is 3.54. The lowest BCUT2D eigenvalue weighted by Crippen LogP contribution is -2.11. The van der Waals surface area contributed by atoms with Gasteiger partial charge >= 0.3 is 0 Å². The Balaban J connectivity index is 1.84. The first-order valence-corrected chi connectivity index (χ1v) is 6.63. The van der Waals surface area contributed by atoms with E-state index in [9.17, 15) is 4.79 Å². The second-order valence-electron chi connectivity index (χ2n) is 4.04. The highest BCUT2D eigenvalue weighted by molar-refractivity contribution is 7.15. The average molecular weight is 281 g/mol. The van der Waals surface area contributed by atoms with Gasteiger partial charge in [-0.2, -0.15) is 0 Å². The molecule has 6 nitrogen and oxygen atoms in total. The molecule has 1 amide bonds. The fraction of sp³-hybridized carbons (Fsp3) is 0.417. The summed E-state index contributed by atoms with van der Waals surface area (Å²) < 4.78 is 9.91. The molecule has 0 unspecified atom stereocenters. The molecule has 2 rings (SSSR count). The number of aromatic nitrogens is 2. The number of aryl methyl sites for hydroxylation is 3. The van der Waals surface area contributed by atoms with Crippen molar-refractivity contribution in [2.24, 2.45) is 0 Å². The number of rotatable bonds is 5. The molecule has 0 saturated heterocycles. The number of anilines is 1. The maximum atomic E-state index is 11.7. The van der Waals surface area contributed by atoms with E-state index in [1.807, 2.05) is 13.8 Å². The first kappa shape index (κ1) is 13.5. The van der Waals surface area contributed by atoms with E-state index in [-0.39, 0.29) is 5.91 Å². The van der Waals surface area contributed by atoms with Crippen LogP contribution in [0, 0.1) is 13.8 Å². The van der Waals surface area contributed by atoms with Crippen LogP contribution >= 0.6 is 11.3 Å².